The van der Waals surface area contributed by atoms with Gasteiger partial charge in [0.25, 0.3) is 5.91 Å². The number of anilines is 1. The summed E-state index contributed by atoms with van der Waals surface area (Å²) in [4.78, 5) is 24.9. The number of para-hydroxylation sites is 1. The number of hydrogen-bond donors (Lipinski definition) is 2. The van der Waals surface area contributed by atoms with E-state index in [0.717, 1.165) is 11.3 Å². The molecule has 2 amide bonds. The Morgan fingerprint density at radius 3 is 2.57 bits per heavy atom. The SMILES string of the molecule is COc1cc(C=CC(=O)NCCN(C)c2ccccc2)ccc1OCC(N)=O. The normalized spacial score (nSPS) is 10.5. The highest BCUT2D eigenvalue weighted by molar-refractivity contribution is 5.91. The number of carbonyl (C=O) groups is 2. The first-order chi connectivity index (χ1) is 13.5. The standard InChI is InChI=1S/C21H25N3O4/c1-24(17-6-4-3-5-7-17)13-12-23-21(26)11-9-16-8-10-18(19(14-16)27-2)28-15-20(22)25/h3-11,14H,12-13,15H2,1-2H3,(H2,22,25)(H,23,26). The van der Waals surface area contributed by atoms with Crippen LogP contribution in [0.15, 0.2) is 54.6 Å². The van der Waals surface area contributed by atoms with Crippen LogP contribution in [-0.4, -0.2) is 45.7 Å². The second kappa shape index (κ2) is 10.6. The van der Waals surface area contributed by atoms with Crippen LogP contribution in [0.4, 0.5) is 5.69 Å². The molecule has 0 aliphatic heterocycles. The van der Waals surface area contributed by atoms with Crippen molar-refractivity contribution in [2.75, 3.05) is 38.8 Å². The van der Waals surface area contributed by atoms with Gasteiger partial charge in [-0.3, -0.25) is 9.59 Å². The van der Waals surface area contributed by atoms with Crippen molar-refractivity contribution < 1.29 is 19.1 Å². The fourth-order valence-corrected chi connectivity index (χ4v) is 2.45. The molecule has 0 aliphatic carbocycles. The molecule has 0 bridgehead atoms. The highest BCUT2D eigenvalue weighted by atomic mass is 16.5. The quantitative estimate of drug-likeness (QED) is 0.611. The lowest BCUT2D eigenvalue weighted by molar-refractivity contribution is -0.120. The predicted octanol–water partition coefficient (Wildman–Crippen LogP) is 1.83. The largest absolute Gasteiger partial charge is 0.493 e. The van der Waals surface area contributed by atoms with E-state index in [1.807, 2.05) is 37.4 Å². The minimum Gasteiger partial charge on any atom is -0.493 e. The molecular formula is C21H25N3O4. The molecule has 28 heavy (non-hydrogen) atoms. The lowest BCUT2D eigenvalue weighted by Crippen LogP contribution is -2.31. The number of amides is 2. The first kappa shape index (κ1) is 20.8. The first-order valence-corrected chi connectivity index (χ1v) is 8.81. The average Bonchev–Trinajstić information content (AvgIpc) is 2.71. The molecule has 0 aromatic heterocycles. The summed E-state index contributed by atoms with van der Waals surface area (Å²) in [5, 5.41) is 2.85. The number of nitrogens with one attached hydrogen (secondary N) is 1. The summed E-state index contributed by atoms with van der Waals surface area (Å²) >= 11 is 0. The Hall–Kier alpha value is -3.48. The van der Waals surface area contributed by atoms with Crippen LogP contribution in [0.2, 0.25) is 0 Å². The van der Waals surface area contributed by atoms with Crippen molar-refractivity contribution in [1.29, 1.82) is 0 Å². The third-order valence-electron chi connectivity index (χ3n) is 3.93. The van der Waals surface area contributed by atoms with Gasteiger partial charge in [0.15, 0.2) is 18.1 Å². The zero-order valence-corrected chi connectivity index (χ0v) is 16.1. The topological polar surface area (TPSA) is 93.9 Å². The van der Waals surface area contributed by atoms with E-state index in [9.17, 15) is 9.59 Å². The molecule has 0 saturated heterocycles. The van der Waals surface area contributed by atoms with Crippen LogP contribution in [-0.2, 0) is 9.59 Å². The molecule has 2 aromatic rings. The molecule has 0 unspecified atom stereocenters. The summed E-state index contributed by atoms with van der Waals surface area (Å²) in [7, 11) is 3.47. The highest BCUT2D eigenvalue weighted by Crippen LogP contribution is 2.28. The summed E-state index contributed by atoms with van der Waals surface area (Å²) in [5.41, 5.74) is 6.93. The van der Waals surface area contributed by atoms with E-state index < -0.39 is 5.91 Å². The Kier molecular flexibility index (Phi) is 7.90. The van der Waals surface area contributed by atoms with Gasteiger partial charge in [0, 0.05) is 31.9 Å². The maximum atomic E-state index is 12.0. The molecule has 7 nitrogen and oxygen atoms in total. The second-order valence-electron chi connectivity index (χ2n) is 6.05. The van der Waals surface area contributed by atoms with Crippen molar-refractivity contribution in [2.45, 2.75) is 0 Å². The number of hydrogen-bond acceptors (Lipinski definition) is 5. The molecule has 0 radical (unpaired) electrons. The molecule has 148 valence electrons. The molecule has 2 rings (SSSR count). The van der Waals surface area contributed by atoms with Crippen molar-refractivity contribution in [3.8, 4) is 11.5 Å². The highest BCUT2D eigenvalue weighted by Gasteiger charge is 2.06. The summed E-state index contributed by atoms with van der Waals surface area (Å²) in [6, 6.07) is 15.1. The van der Waals surface area contributed by atoms with Crippen LogP contribution < -0.4 is 25.4 Å². The smallest absolute Gasteiger partial charge is 0.255 e. The van der Waals surface area contributed by atoms with Crippen molar-refractivity contribution in [3.63, 3.8) is 0 Å². The van der Waals surface area contributed by atoms with Gasteiger partial charge in [0.2, 0.25) is 5.91 Å². The van der Waals surface area contributed by atoms with Crippen molar-refractivity contribution in [2.24, 2.45) is 5.73 Å². The maximum absolute atomic E-state index is 12.0. The molecular weight excluding hydrogens is 358 g/mol. The molecule has 0 atom stereocenters. The van der Waals surface area contributed by atoms with E-state index in [-0.39, 0.29) is 12.5 Å². The van der Waals surface area contributed by atoms with Gasteiger partial charge >= 0.3 is 0 Å². The molecule has 0 spiro atoms. The number of nitrogens with two attached hydrogens (primary N) is 1. The van der Waals surface area contributed by atoms with Gasteiger partial charge in [0.05, 0.1) is 7.11 Å². The predicted molar refractivity (Wildman–Crippen MR) is 109 cm³/mol. The Morgan fingerprint density at radius 2 is 1.89 bits per heavy atom. The van der Waals surface area contributed by atoms with Crippen LogP contribution in [0, 0.1) is 0 Å². The van der Waals surface area contributed by atoms with E-state index in [2.05, 4.69) is 10.2 Å². The lowest BCUT2D eigenvalue weighted by Gasteiger charge is -2.19. The van der Waals surface area contributed by atoms with Crippen molar-refractivity contribution in [3.05, 3.63) is 60.2 Å². The minimum atomic E-state index is -0.569. The van der Waals surface area contributed by atoms with Crippen LogP contribution >= 0.6 is 0 Å². The van der Waals surface area contributed by atoms with Crippen LogP contribution in [0.1, 0.15) is 5.56 Å². The van der Waals surface area contributed by atoms with Gasteiger partial charge in [-0.25, -0.2) is 0 Å². The van der Waals surface area contributed by atoms with Gasteiger partial charge in [0.1, 0.15) is 0 Å². The molecule has 3 N–H and O–H groups in total. The number of carbonyl (C=O) groups excluding carboxylic acids is 2. The summed E-state index contributed by atoms with van der Waals surface area (Å²) in [6.45, 7) is 0.993. The molecule has 2 aromatic carbocycles. The van der Waals surface area contributed by atoms with Crippen LogP contribution in [0.25, 0.3) is 6.08 Å². The summed E-state index contributed by atoms with van der Waals surface area (Å²) in [6.07, 6.45) is 3.14. The zero-order chi connectivity index (χ0) is 20.4. The maximum Gasteiger partial charge on any atom is 0.255 e. The van der Waals surface area contributed by atoms with Crippen molar-refractivity contribution >= 4 is 23.6 Å². The van der Waals surface area contributed by atoms with E-state index in [1.54, 1.807) is 24.3 Å². The van der Waals surface area contributed by atoms with E-state index in [0.29, 0.717) is 24.6 Å². The Labute approximate surface area is 164 Å². The number of rotatable bonds is 10. The van der Waals surface area contributed by atoms with Crippen LogP contribution in [0.3, 0.4) is 0 Å². The number of ether oxygens (including phenoxy) is 2. The Balaban J connectivity index is 1.85. The number of likely N-dealkylation sites (N-methyl/N-ethyl adjacent to an activating group) is 1. The molecule has 0 fully saturated rings. The van der Waals surface area contributed by atoms with Gasteiger partial charge in [-0.05, 0) is 35.9 Å². The Bertz CT molecular complexity index is 822. The van der Waals surface area contributed by atoms with Gasteiger partial charge in [-0.1, -0.05) is 24.3 Å². The van der Waals surface area contributed by atoms with Gasteiger partial charge in [-0.2, -0.15) is 0 Å². The fourth-order valence-electron chi connectivity index (χ4n) is 2.45. The van der Waals surface area contributed by atoms with Crippen molar-refractivity contribution in [1.82, 2.24) is 5.32 Å². The van der Waals surface area contributed by atoms with E-state index in [1.165, 1.54) is 13.2 Å². The first-order valence-electron chi connectivity index (χ1n) is 8.81. The van der Waals surface area contributed by atoms with E-state index >= 15 is 0 Å². The van der Waals surface area contributed by atoms with Gasteiger partial charge in [-0.15, -0.1) is 0 Å². The molecule has 7 heteroatoms. The summed E-state index contributed by atoms with van der Waals surface area (Å²) < 4.78 is 10.5. The monoisotopic (exact) mass is 383 g/mol. The molecule has 0 aliphatic rings. The van der Waals surface area contributed by atoms with Gasteiger partial charge < -0.3 is 25.4 Å². The number of methoxy groups -OCH3 is 1. The number of nitrogens with zero attached hydrogens (tertiary/aromatic N) is 1. The molecule has 0 saturated carbocycles. The van der Waals surface area contributed by atoms with Crippen LogP contribution in [0.5, 0.6) is 11.5 Å². The fraction of sp³-hybridized carbons (Fsp3) is 0.238. The third kappa shape index (κ3) is 6.68. The summed E-state index contributed by atoms with van der Waals surface area (Å²) in [5.74, 6) is 0.107. The molecule has 0 heterocycles. The minimum absolute atomic E-state index is 0.186. The van der Waals surface area contributed by atoms with E-state index in [4.69, 9.17) is 15.2 Å². The Morgan fingerprint density at radius 1 is 1.14 bits per heavy atom. The average molecular weight is 383 g/mol. The third-order valence-corrected chi connectivity index (χ3v) is 3.93. The number of primary amides is 1. The number of benzene rings is 2. The lowest BCUT2D eigenvalue weighted by atomic mass is 10.2. The second-order valence-corrected chi connectivity index (χ2v) is 6.05. The zero-order valence-electron chi connectivity index (χ0n) is 16.1.